The van der Waals surface area contributed by atoms with Crippen LogP contribution >= 0.6 is 11.3 Å². The molecule has 0 radical (unpaired) electrons. The highest BCUT2D eigenvalue weighted by Gasteiger charge is 2.19. The van der Waals surface area contributed by atoms with E-state index in [9.17, 15) is 9.90 Å². The van der Waals surface area contributed by atoms with Crippen LogP contribution in [0.1, 0.15) is 9.67 Å². The molecule has 1 fully saturated rings. The molecule has 1 N–H and O–H groups in total. The summed E-state index contributed by atoms with van der Waals surface area (Å²) in [6.07, 6.45) is 1.68. The largest absolute Gasteiger partial charge is 0.492 e. The number of hydrogen-bond acceptors (Lipinski definition) is 6. The van der Waals surface area contributed by atoms with Crippen LogP contribution < -0.4 is 4.74 Å². The summed E-state index contributed by atoms with van der Waals surface area (Å²) in [6.45, 7) is 4.94. The maximum atomic E-state index is 11.7. The minimum absolute atomic E-state index is 0.310. The van der Waals surface area contributed by atoms with Gasteiger partial charge in [0.15, 0.2) is 0 Å². The highest BCUT2D eigenvalue weighted by Crippen LogP contribution is 2.38. The average Bonchev–Trinajstić information content (AvgIpc) is 3.09. The van der Waals surface area contributed by atoms with E-state index in [1.807, 2.05) is 36.4 Å². The SMILES string of the molecule is O=C(O)c1sc2ncccc2c1-c1ccc(OCCN2CCOCC2)cc1. The van der Waals surface area contributed by atoms with E-state index in [1.165, 1.54) is 11.3 Å². The van der Waals surface area contributed by atoms with Crippen molar-refractivity contribution >= 4 is 27.5 Å². The fraction of sp³-hybridized carbons (Fsp3) is 0.300. The average molecular weight is 384 g/mol. The van der Waals surface area contributed by atoms with Crippen molar-refractivity contribution in [2.24, 2.45) is 0 Å². The van der Waals surface area contributed by atoms with Gasteiger partial charge in [0.25, 0.3) is 0 Å². The number of aromatic nitrogens is 1. The van der Waals surface area contributed by atoms with E-state index >= 15 is 0 Å². The van der Waals surface area contributed by atoms with E-state index in [2.05, 4.69) is 9.88 Å². The highest BCUT2D eigenvalue weighted by atomic mass is 32.1. The number of carboxylic acid groups (broad SMARTS) is 1. The molecule has 4 rings (SSSR count). The number of hydrogen-bond donors (Lipinski definition) is 1. The monoisotopic (exact) mass is 384 g/mol. The zero-order chi connectivity index (χ0) is 18.6. The Kier molecular flexibility index (Phi) is 5.33. The molecule has 0 aliphatic carbocycles. The van der Waals surface area contributed by atoms with Crippen molar-refractivity contribution in [1.29, 1.82) is 0 Å². The molecule has 0 unspecified atom stereocenters. The molecule has 2 aromatic heterocycles. The van der Waals surface area contributed by atoms with Crippen molar-refractivity contribution in [2.45, 2.75) is 0 Å². The van der Waals surface area contributed by atoms with E-state index in [-0.39, 0.29) is 0 Å². The van der Waals surface area contributed by atoms with Gasteiger partial charge in [-0.05, 0) is 29.8 Å². The van der Waals surface area contributed by atoms with Crippen molar-refractivity contribution < 1.29 is 19.4 Å². The topological polar surface area (TPSA) is 71.9 Å². The van der Waals surface area contributed by atoms with Crippen molar-refractivity contribution in [3.05, 3.63) is 47.5 Å². The Hall–Kier alpha value is -2.48. The molecule has 0 spiro atoms. The molecule has 0 bridgehead atoms. The Balaban J connectivity index is 1.50. The molecule has 7 heteroatoms. The summed E-state index contributed by atoms with van der Waals surface area (Å²) in [6, 6.07) is 11.3. The van der Waals surface area contributed by atoms with Crippen LogP contribution in [-0.4, -0.2) is 60.4 Å². The Morgan fingerprint density at radius 3 is 2.74 bits per heavy atom. The third-order valence-corrected chi connectivity index (χ3v) is 5.69. The van der Waals surface area contributed by atoms with E-state index in [4.69, 9.17) is 9.47 Å². The van der Waals surface area contributed by atoms with Crippen molar-refractivity contribution in [3.8, 4) is 16.9 Å². The normalized spacial score (nSPS) is 15.1. The molecular formula is C20H20N2O4S. The second-order valence-electron chi connectivity index (χ2n) is 6.29. The maximum absolute atomic E-state index is 11.7. The number of thiophene rings is 1. The second-order valence-corrected chi connectivity index (χ2v) is 7.29. The van der Waals surface area contributed by atoms with Crippen molar-refractivity contribution in [1.82, 2.24) is 9.88 Å². The van der Waals surface area contributed by atoms with Gasteiger partial charge in [0.05, 0.1) is 13.2 Å². The quantitative estimate of drug-likeness (QED) is 0.703. The minimum atomic E-state index is -0.932. The number of fused-ring (bicyclic) bond motifs is 1. The Labute approximate surface area is 161 Å². The van der Waals surface area contributed by atoms with Gasteiger partial charge in [-0.15, -0.1) is 11.3 Å². The van der Waals surface area contributed by atoms with Crippen LogP contribution in [0, 0.1) is 0 Å². The number of carboxylic acids is 1. The predicted octanol–water partition coefficient (Wildman–Crippen LogP) is 3.37. The number of morpholine rings is 1. The predicted molar refractivity (Wildman–Crippen MR) is 105 cm³/mol. The Morgan fingerprint density at radius 1 is 1.22 bits per heavy atom. The summed E-state index contributed by atoms with van der Waals surface area (Å²) in [5.74, 6) is -0.152. The highest BCUT2D eigenvalue weighted by molar-refractivity contribution is 7.21. The molecule has 1 aliphatic rings. The van der Waals surface area contributed by atoms with Crippen LogP contribution in [0.25, 0.3) is 21.3 Å². The maximum Gasteiger partial charge on any atom is 0.346 e. The van der Waals surface area contributed by atoms with Crippen LogP contribution in [0.5, 0.6) is 5.75 Å². The molecule has 1 aromatic carbocycles. The lowest BCUT2D eigenvalue weighted by atomic mass is 10.0. The van der Waals surface area contributed by atoms with Gasteiger partial charge < -0.3 is 14.6 Å². The molecule has 3 heterocycles. The first-order valence-electron chi connectivity index (χ1n) is 8.86. The molecule has 6 nitrogen and oxygen atoms in total. The third kappa shape index (κ3) is 3.95. The Bertz CT molecular complexity index is 933. The first-order chi connectivity index (χ1) is 13.2. The molecule has 0 atom stereocenters. The molecule has 1 saturated heterocycles. The van der Waals surface area contributed by atoms with Crippen LogP contribution in [0.3, 0.4) is 0 Å². The first kappa shape index (κ1) is 17.9. The van der Waals surface area contributed by atoms with Gasteiger partial charge in [-0.3, -0.25) is 4.90 Å². The molecule has 0 amide bonds. The number of pyridine rings is 1. The van der Waals surface area contributed by atoms with E-state index in [0.717, 1.165) is 59.9 Å². The van der Waals surface area contributed by atoms with Gasteiger partial charge in [0.2, 0.25) is 0 Å². The standard InChI is InChI=1S/C20H20N2O4S/c23-20(24)18-17(16-2-1-7-21-19(16)27-18)14-3-5-15(6-4-14)26-13-10-22-8-11-25-12-9-22/h1-7H,8-13H2,(H,23,24). The molecule has 0 saturated carbocycles. The summed E-state index contributed by atoms with van der Waals surface area (Å²) in [5, 5.41) is 10.4. The summed E-state index contributed by atoms with van der Waals surface area (Å²) in [5.41, 5.74) is 1.57. The summed E-state index contributed by atoms with van der Waals surface area (Å²) < 4.78 is 11.2. The van der Waals surface area contributed by atoms with E-state index in [0.29, 0.717) is 11.5 Å². The zero-order valence-electron chi connectivity index (χ0n) is 14.8. The van der Waals surface area contributed by atoms with Crippen molar-refractivity contribution in [2.75, 3.05) is 39.5 Å². The summed E-state index contributed by atoms with van der Waals surface area (Å²) in [4.78, 5) is 19.3. The van der Waals surface area contributed by atoms with Crippen LogP contribution in [-0.2, 0) is 4.74 Å². The van der Waals surface area contributed by atoms with Gasteiger partial charge in [-0.25, -0.2) is 9.78 Å². The number of nitrogens with zero attached hydrogens (tertiary/aromatic N) is 2. The fourth-order valence-corrected chi connectivity index (χ4v) is 4.21. The first-order valence-corrected chi connectivity index (χ1v) is 9.68. The number of benzene rings is 1. The molecule has 140 valence electrons. The van der Waals surface area contributed by atoms with E-state index in [1.54, 1.807) is 6.20 Å². The molecule has 3 aromatic rings. The second kappa shape index (κ2) is 8.04. The lowest BCUT2D eigenvalue weighted by molar-refractivity contribution is 0.0322. The number of ether oxygens (including phenoxy) is 2. The molecule has 1 aliphatic heterocycles. The number of carbonyl (C=O) groups is 1. The Morgan fingerprint density at radius 2 is 2.00 bits per heavy atom. The number of aromatic carboxylic acids is 1. The van der Waals surface area contributed by atoms with Crippen LogP contribution in [0.2, 0.25) is 0 Å². The number of rotatable bonds is 6. The summed E-state index contributed by atoms with van der Waals surface area (Å²) >= 11 is 1.20. The fourth-order valence-electron chi connectivity index (χ4n) is 3.20. The van der Waals surface area contributed by atoms with Gasteiger partial charge in [0.1, 0.15) is 22.1 Å². The lowest BCUT2D eigenvalue weighted by Gasteiger charge is -2.26. The van der Waals surface area contributed by atoms with Crippen LogP contribution in [0.15, 0.2) is 42.6 Å². The van der Waals surface area contributed by atoms with Gasteiger partial charge in [0, 0.05) is 36.8 Å². The smallest absolute Gasteiger partial charge is 0.346 e. The minimum Gasteiger partial charge on any atom is -0.492 e. The van der Waals surface area contributed by atoms with Gasteiger partial charge in [-0.2, -0.15) is 0 Å². The molecule has 27 heavy (non-hydrogen) atoms. The molecular weight excluding hydrogens is 364 g/mol. The summed E-state index contributed by atoms with van der Waals surface area (Å²) in [7, 11) is 0. The third-order valence-electron chi connectivity index (χ3n) is 4.58. The lowest BCUT2D eigenvalue weighted by Crippen LogP contribution is -2.38. The van der Waals surface area contributed by atoms with Gasteiger partial charge in [-0.1, -0.05) is 12.1 Å². The van der Waals surface area contributed by atoms with Gasteiger partial charge >= 0.3 is 5.97 Å². The van der Waals surface area contributed by atoms with Crippen molar-refractivity contribution in [3.63, 3.8) is 0 Å². The zero-order valence-corrected chi connectivity index (χ0v) is 15.6. The van der Waals surface area contributed by atoms with E-state index < -0.39 is 5.97 Å². The van der Waals surface area contributed by atoms with Crippen LogP contribution in [0.4, 0.5) is 0 Å².